The second kappa shape index (κ2) is 46.5. The molecule has 0 aliphatic carbocycles. The summed E-state index contributed by atoms with van der Waals surface area (Å²) in [5, 5.41) is 89.8. The molecule has 1 aliphatic rings. The molecule has 640 valence electrons. The van der Waals surface area contributed by atoms with E-state index in [1.54, 1.807) is 101 Å². The fourth-order valence-electron chi connectivity index (χ4n) is 13.8. The molecule has 28 N–H and O–H groups in total. The van der Waals surface area contributed by atoms with Crippen molar-refractivity contribution in [2.45, 2.75) is 197 Å². The van der Waals surface area contributed by atoms with Gasteiger partial charge in [-0.2, -0.15) is 0 Å². The number of carbonyl (C=O) groups excluding carboxylic acids is 11. The number of likely N-dealkylation sites (tertiary alicyclic amines) is 1. The molecule has 11 amide bonds. The lowest BCUT2D eigenvalue weighted by molar-refractivity contribution is -0.143. The maximum atomic E-state index is 15.3. The normalized spacial score (nSPS) is 15.9. The van der Waals surface area contributed by atoms with Gasteiger partial charge in [0.1, 0.15) is 72.2 Å². The summed E-state index contributed by atoms with van der Waals surface area (Å²) in [6.45, 7) is 5.39. The number of rotatable bonds is 48. The number of nitrogens with one attached hydrogen (secondary N) is 16. The lowest BCUT2D eigenvalue weighted by Gasteiger charge is -2.33. The van der Waals surface area contributed by atoms with Crippen molar-refractivity contribution in [2.75, 3.05) is 39.4 Å². The van der Waals surface area contributed by atoms with E-state index in [0.29, 0.717) is 76.3 Å². The first kappa shape index (κ1) is 92.9. The first-order valence-corrected chi connectivity index (χ1v) is 39.8. The number of hydrogen-bond donors (Lipinski definition) is 24. The quantitative estimate of drug-likeness (QED) is 0.0119. The molecule has 0 unspecified atom stereocenters. The number of carbonyl (C=O) groups is 12. The number of phenols is 1. The first-order chi connectivity index (χ1) is 56.5. The smallest absolute Gasteiger partial charge is 0.326 e. The van der Waals surface area contributed by atoms with Crippen molar-refractivity contribution in [3.63, 3.8) is 0 Å². The monoisotopic (exact) mass is 1640 g/mol. The summed E-state index contributed by atoms with van der Waals surface area (Å²) >= 11 is 0. The number of aromatic amines is 2. The van der Waals surface area contributed by atoms with Gasteiger partial charge in [0.05, 0.1) is 19.3 Å². The molecule has 0 saturated carbocycles. The van der Waals surface area contributed by atoms with Crippen LogP contribution in [-0.2, 0) is 83.2 Å². The zero-order valence-electron chi connectivity index (χ0n) is 66.8. The third-order valence-electron chi connectivity index (χ3n) is 21.0. The fraction of sp³-hybridized carbons (Fsp3) is 0.481. The maximum absolute atomic E-state index is 15.3. The van der Waals surface area contributed by atoms with E-state index in [2.05, 4.69) is 73.8 Å². The van der Waals surface area contributed by atoms with E-state index in [1.165, 1.54) is 29.2 Å². The van der Waals surface area contributed by atoms with E-state index in [0.717, 1.165) is 0 Å². The highest BCUT2D eigenvalue weighted by Gasteiger charge is 2.43. The van der Waals surface area contributed by atoms with Gasteiger partial charge in [0.2, 0.25) is 65.0 Å². The number of amides is 11. The van der Waals surface area contributed by atoms with Crippen LogP contribution in [0.1, 0.15) is 121 Å². The maximum Gasteiger partial charge on any atom is 0.326 e. The van der Waals surface area contributed by atoms with Crippen molar-refractivity contribution in [3.05, 3.63) is 138 Å². The first-order valence-electron chi connectivity index (χ1n) is 39.8. The van der Waals surface area contributed by atoms with E-state index in [1.807, 2.05) is 18.2 Å². The van der Waals surface area contributed by atoms with Crippen molar-refractivity contribution in [3.8, 4) is 5.75 Å². The average molecular weight is 1640 g/mol. The third-order valence-corrected chi connectivity index (χ3v) is 21.0. The fourth-order valence-corrected chi connectivity index (χ4v) is 13.8. The summed E-state index contributed by atoms with van der Waals surface area (Å²) < 4.78 is 0. The lowest BCUT2D eigenvalue weighted by Crippen LogP contribution is -2.62. The van der Waals surface area contributed by atoms with E-state index in [4.69, 9.17) is 33.8 Å². The third kappa shape index (κ3) is 27.7. The van der Waals surface area contributed by atoms with Crippen LogP contribution in [0.4, 0.5) is 0 Å². The van der Waals surface area contributed by atoms with Gasteiger partial charge in [-0.3, -0.25) is 63.6 Å². The number of nitrogens with two attached hydrogens (primary N) is 4. The van der Waals surface area contributed by atoms with Crippen LogP contribution in [0.5, 0.6) is 5.75 Å². The molecule has 1 aliphatic heterocycles. The van der Waals surface area contributed by atoms with Crippen molar-refractivity contribution in [2.24, 2.45) is 34.8 Å². The van der Waals surface area contributed by atoms with Crippen molar-refractivity contribution in [1.29, 1.82) is 10.8 Å². The molecule has 3 heterocycles. The number of fused-ring (bicyclic) bond motifs is 2. The van der Waals surface area contributed by atoms with Crippen LogP contribution in [-0.4, -0.2) is 230 Å². The minimum absolute atomic E-state index is 0.00102. The molecule has 0 bridgehead atoms. The summed E-state index contributed by atoms with van der Waals surface area (Å²) in [5.74, 6) is -13.1. The van der Waals surface area contributed by atoms with Crippen molar-refractivity contribution >= 4 is 105 Å². The number of nitrogens with zero attached hydrogens (tertiary/aromatic N) is 1. The number of aliphatic hydroxyl groups excluding tert-OH is 2. The van der Waals surface area contributed by atoms with Crippen LogP contribution >= 0.6 is 0 Å². The zero-order chi connectivity index (χ0) is 86.1. The molecule has 118 heavy (non-hydrogen) atoms. The van der Waals surface area contributed by atoms with Crippen molar-refractivity contribution < 1.29 is 78.0 Å². The summed E-state index contributed by atoms with van der Waals surface area (Å²) in [6, 6.07) is 11.2. The molecule has 0 radical (unpaired) electrons. The summed E-state index contributed by atoms with van der Waals surface area (Å²) in [6.07, 6.45) is 5.13. The molecule has 14 atom stereocenters. The number of para-hydroxylation sites is 2. The van der Waals surface area contributed by atoms with E-state index in [9.17, 15) is 58.8 Å². The molecule has 4 aromatic carbocycles. The predicted molar refractivity (Wildman–Crippen MR) is 440 cm³/mol. The van der Waals surface area contributed by atoms with Crippen molar-refractivity contribution in [1.82, 2.24) is 78.7 Å². The number of aliphatic hydroxyl groups is 2. The van der Waals surface area contributed by atoms with E-state index < -0.39 is 174 Å². The number of unbranched alkanes of at least 4 members (excludes halogenated alkanes) is 1. The molecule has 37 heteroatoms. The highest BCUT2D eigenvalue weighted by atomic mass is 16.4. The van der Waals surface area contributed by atoms with Crippen LogP contribution in [0.15, 0.2) is 116 Å². The van der Waals surface area contributed by atoms with Gasteiger partial charge in [-0.15, -0.1) is 0 Å². The Balaban J connectivity index is 1.09. The summed E-state index contributed by atoms with van der Waals surface area (Å²) in [5.41, 5.74) is 26.5. The van der Waals surface area contributed by atoms with Gasteiger partial charge in [-0.05, 0) is 116 Å². The van der Waals surface area contributed by atoms with Crippen LogP contribution in [0.2, 0.25) is 0 Å². The molecule has 1 saturated heterocycles. The molecule has 37 nitrogen and oxygen atoms in total. The molecule has 6 aromatic rings. The molecule has 2 aromatic heterocycles. The van der Waals surface area contributed by atoms with Gasteiger partial charge in [0, 0.05) is 79.5 Å². The average Bonchev–Trinajstić information content (AvgIpc) is 1.59. The number of aromatic nitrogens is 2. The highest BCUT2D eigenvalue weighted by molar-refractivity contribution is 6.00. The minimum Gasteiger partial charge on any atom is -0.508 e. The number of benzene rings is 4. The second-order valence-electron chi connectivity index (χ2n) is 29.7. The Morgan fingerprint density at radius 1 is 0.483 bits per heavy atom. The number of guanidine groups is 2. The number of H-pyrrole nitrogens is 2. The number of aliphatic carboxylic acids is 1. The largest absolute Gasteiger partial charge is 0.508 e. The minimum atomic E-state index is -1.88. The zero-order valence-corrected chi connectivity index (χ0v) is 66.8. The van der Waals surface area contributed by atoms with Crippen LogP contribution in [0, 0.1) is 22.7 Å². The summed E-state index contributed by atoms with van der Waals surface area (Å²) in [4.78, 5) is 181. The van der Waals surface area contributed by atoms with Gasteiger partial charge in [-0.25, -0.2) is 4.79 Å². The predicted octanol–water partition coefficient (Wildman–Crippen LogP) is -1.39. The number of phenolic OH excluding ortho intramolecular Hbond substituents is 1. The Hall–Kier alpha value is -12.2. The Bertz CT molecular complexity index is 4410. The Morgan fingerprint density at radius 2 is 0.898 bits per heavy atom. The van der Waals surface area contributed by atoms with E-state index in [-0.39, 0.29) is 102 Å². The molecule has 1 fully saturated rings. The molecular weight excluding hydrogens is 1520 g/mol. The van der Waals surface area contributed by atoms with E-state index >= 15 is 19.2 Å². The molecule has 7 rings (SSSR count). The number of carboxylic acids is 1. The van der Waals surface area contributed by atoms with Crippen LogP contribution in [0.25, 0.3) is 21.8 Å². The number of aromatic hydroxyl groups is 1. The van der Waals surface area contributed by atoms with Gasteiger partial charge in [-0.1, -0.05) is 126 Å². The Labute approximate surface area is 683 Å². The SMILES string of the molecule is CC[C@H](C)[C@H](NC(=O)[C@H](CCCNC(=N)N)NC(=O)[C@@H](N)CCCCN)C(=O)N[C@@H](Cc1c[nH]c2ccccc12)C(=O)N[C@@H](Cc1ccccc1)C(=O)N[C@H](C(=O)N1CCC[C@H]1C(=O)N[C@@H](CCCNC(=N)N)C(=O)N[C@@H](CO)C(=O)N[C@@H](CO)C(=O)N[C@@H](Cc1c[nH]c2ccccc12)C(=O)N[C@@H](Cc1ccc(O)cc1)C(=O)O)[C@@H](C)CC. The van der Waals surface area contributed by atoms with Gasteiger partial charge in [0.15, 0.2) is 11.9 Å². The standard InChI is InChI=1S/C81H115N21O16/c1-5-45(3)66(100-70(108)58(27-17-35-89-81(86)87)92-68(106)54(83)23-14-15-33-82)77(115)96-61(40-50-42-91-56-25-13-11-22-53(50)56)71(109)94-59(37-47-19-8-7-9-20-47)73(111)101-67(46(4)6-2)78(116)102-36-18-28-65(102)76(114)93-57(26-16-34-88-80(84)85)69(107)98-64(44-104)75(113)99-63(43-103)74(112)95-60(39-49-41-90-55-24-12-10-21-52(49)55)72(110)97-62(79(117)118)38-48-29-31-51(105)32-30-48/h7-13,19-22,24-25,29-32,41-42,45-46,54,57-67,90-91,103-105H,5-6,14-18,23,26-28,33-40,43-44,82-83H2,1-4H3,(H,92,106)(H,93,114)(H,94,109)(H,95,112)(H,96,115)(H,97,110)(H,98,107)(H,99,113)(H,100,108)(H,101,111)(H,117,118)(H4,84,85,88)(H4,86,87,89)/t45-,46-,54-,57-,58-,59-,60-,61-,62-,63-,64-,65-,66-,67-/m0/s1. The van der Waals surface area contributed by atoms with Gasteiger partial charge >= 0.3 is 5.97 Å². The van der Waals surface area contributed by atoms with Gasteiger partial charge in [0.25, 0.3) is 0 Å². The highest BCUT2D eigenvalue weighted by Crippen LogP contribution is 2.25. The Morgan fingerprint density at radius 3 is 1.41 bits per heavy atom. The topological polar surface area (TPSA) is 617 Å². The Kier molecular flexibility index (Phi) is 36.6. The molecular formula is C81H115N21O16. The number of hydrogen-bond acceptors (Lipinski definition) is 19. The number of carboxylic acid groups (broad SMARTS) is 1. The lowest BCUT2D eigenvalue weighted by atomic mass is 9.95. The molecule has 0 spiro atoms. The van der Waals surface area contributed by atoms with Crippen LogP contribution < -0.4 is 86.7 Å². The summed E-state index contributed by atoms with van der Waals surface area (Å²) in [7, 11) is 0. The van der Waals surface area contributed by atoms with Gasteiger partial charge < -0.3 is 122 Å². The van der Waals surface area contributed by atoms with Crippen LogP contribution in [0.3, 0.4) is 0 Å². The second-order valence-corrected chi connectivity index (χ2v) is 29.7.